The highest BCUT2D eigenvalue weighted by atomic mass is 32.2. The van der Waals surface area contributed by atoms with Crippen molar-refractivity contribution in [2.24, 2.45) is 5.14 Å². The van der Waals surface area contributed by atoms with Gasteiger partial charge in [-0.15, -0.1) is 0 Å². The molecule has 10 heteroatoms. The summed E-state index contributed by atoms with van der Waals surface area (Å²) in [6, 6.07) is 14.0. The van der Waals surface area contributed by atoms with Gasteiger partial charge in [-0.3, -0.25) is 4.79 Å². The van der Waals surface area contributed by atoms with Crippen LogP contribution in [0.3, 0.4) is 0 Å². The molecule has 0 radical (unpaired) electrons. The quantitative estimate of drug-likeness (QED) is 0.537. The average molecular weight is 438 g/mol. The molecule has 2 aromatic carbocycles. The first-order valence-corrected chi connectivity index (χ1v) is 11.8. The largest absolute Gasteiger partial charge is 0.354 e. The highest BCUT2D eigenvalue weighted by molar-refractivity contribution is 7.92. The molecule has 0 aromatic heterocycles. The number of carbonyl (C=O) groups is 1. The summed E-state index contributed by atoms with van der Waals surface area (Å²) >= 11 is 0. The Kier molecular flexibility index (Phi) is 7.68. The van der Waals surface area contributed by atoms with Crippen molar-refractivity contribution in [3.63, 3.8) is 0 Å². The predicted octanol–water partition coefficient (Wildman–Crippen LogP) is 0.972. The molecule has 0 heterocycles. The Labute approximate surface area is 170 Å². The average Bonchev–Trinajstić information content (AvgIpc) is 2.66. The Morgan fingerprint density at radius 2 is 1.66 bits per heavy atom. The Morgan fingerprint density at radius 3 is 2.24 bits per heavy atom. The first-order valence-electron chi connectivity index (χ1n) is 8.72. The van der Waals surface area contributed by atoms with Crippen LogP contribution in [0.25, 0.3) is 6.08 Å². The molecule has 156 valence electrons. The summed E-state index contributed by atoms with van der Waals surface area (Å²) in [7, 11) is -7.53. The summed E-state index contributed by atoms with van der Waals surface area (Å²) < 4.78 is 48.9. The van der Waals surface area contributed by atoms with Gasteiger partial charge in [-0.25, -0.2) is 22.0 Å². The summed E-state index contributed by atoms with van der Waals surface area (Å²) in [5.74, 6) is -0.470. The zero-order valence-corrected chi connectivity index (χ0v) is 17.4. The molecule has 2 rings (SSSR count). The smallest absolute Gasteiger partial charge is 0.238 e. The van der Waals surface area contributed by atoms with E-state index in [4.69, 9.17) is 5.14 Å². The van der Waals surface area contributed by atoms with Crippen LogP contribution in [0.5, 0.6) is 0 Å². The van der Waals surface area contributed by atoms with Crippen LogP contribution in [0.4, 0.5) is 0 Å². The number of sulfonamides is 2. The van der Waals surface area contributed by atoms with Crippen LogP contribution in [-0.2, 0) is 31.3 Å². The number of primary sulfonamides is 1. The molecule has 0 fully saturated rings. The summed E-state index contributed by atoms with van der Waals surface area (Å²) in [4.78, 5) is 12.1. The molecule has 0 aliphatic heterocycles. The Balaban J connectivity index is 1.83. The molecule has 0 aliphatic rings. The van der Waals surface area contributed by atoms with E-state index in [0.717, 1.165) is 16.5 Å². The standard InChI is InChI=1S/C19H23N3O5S2/c1-15(22-28(24,25)14-12-16-5-3-2-4-6-16)19(23)21-13-11-17-7-9-18(10-8-17)29(20,26)27/h2-10,12,14-15,22H,11,13H2,1H3,(H,21,23)(H2,20,26,27)/b14-12+. The molecular weight excluding hydrogens is 414 g/mol. The molecular formula is C19H23N3O5S2. The Hall–Kier alpha value is -2.53. The monoisotopic (exact) mass is 437 g/mol. The van der Waals surface area contributed by atoms with Crippen molar-refractivity contribution in [3.8, 4) is 0 Å². The third kappa shape index (κ3) is 7.78. The van der Waals surface area contributed by atoms with Crippen molar-refractivity contribution in [3.05, 3.63) is 71.1 Å². The third-order valence-corrected chi connectivity index (χ3v) is 6.04. The molecule has 0 bridgehead atoms. The van der Waals surface area contributed by atoms with E-state index in [1.54, 1.807) is 36.4 Å². The fourth-order valence-corrected chi connectivity index (χ4v) is 3.93. The fraction of sp³-hybridized carbons (Fsp3) is 0.211. The molecule has 4 N–H and O–H groups in total. The van der Waals surface area contributed by atoms with Gasteiger partial charge in [-0.05, 0) is 42.7 Å². The van der Waals surface area contributed by atoms with Crippen LogP contribution < -0.4 is 15.2 Å². The Bertz CT molecular complexity index is 1060. The first kappa shape index (κ1) is 22.8. The van der Waals surface area contributed by atoms with Crippen LogP contribution in [0.1, 0.15) is 18.1 Å². The van der Waals surface area contributed by atoms with E-state index in [2.05, 4.69) is 10.0 Å². The van der Waals surface area contributed by atoms with Gasteiger partial charge in [0, 0.05) is 12.0 Å². The lowest BCUT2D eigenvalue weighted by Gasteiger charge is -2.13. The van der Waals surface area contributed by atoms with Crippen LogP contribution in [0.15, 0.2) is 64.9 Å². The van der Waals surface area contributed by atoms with E-state index in [-0.39, 0.29) is 11.4 Å². The highest BCUT2D eigenvalue weighted by Crippen LogP contribution is 2.09. The minimum atomic E-state index is -3.78. The predicted molar refractivity (Wildman–Crippen MR) is 112 cm³/mol. The summed E-state index contributed by atoms with van der Waals surface area (Å²) in [6.07, 6.45) is 1.89. The van der Waals surface area contributed by atoms with Crippen molar-refractivity contribution in [2.75, 3.05) is 6.54 Å². The molecule has 2 aromatic rings. The van der Waals surface area contributed by atoms with Crippen LogP contribution >= 0.6 is 0 Å². The van der Waals surface area contributed by atoms with Gasteiger partial charge in [0.05, 0.1) is 10.9 Å². The molecule has 1 unspecified atom stereocenters. The topological polar surface area (TPSA) is 135 Å². The lowest BCUT2D eigenvalue weighted by atomic mass is 10.1. The number of nitrogens with two attached hydrogens (primary N) is 1. The van der Waals surface area contributed by atoms with Gasteiger partial charge in [0.1, 0.15) is 0 Å². The van der Waals surface area contributed by atoms with Crippen molar-refractivity contribution in [1.29, 1.82) is 0 Å². The van der Waals surface area contributed by atoms with Gasteiger partial charge < -0.3 is 5.32 Å². The van der Waals surface area contributed by atoms with Crippen molar-refractivity contribution < 1.29 is 21.6 Å². The molecule has 0 aliphatic carbocycles. The molecule has 8 nitrogen and oxygen atoms in total. The van der Waals surface area contributed by atoms with Gasteiger partial charge in [0.2, 0.25) is 26.0 Å². The fourth-order valence-electron chi connectivity index (χ4n) is 2.40. The molecule has 1 atom stereocenters. The number of rotatable bonds is 9. The van der Waals surface area contributed by atoms with Gasteiger partial charge >= 0.3 is 0 Å². The van der Waals surface area contributed by atoms with E-state index in [9.17, 15) is 21.6 Å². The third-order valence-electron chi connectivity index (χ3n) is 3.94. The maximum Gasteiger partial charge on any atom is 0.238 e. The van der Waals surface area contributed by atoms with Crippen molar-refractivity contribution in [2.45, 2.75) is 24.3 Å². The van der Waals surface area contributed by atoms with E-state index in [1.807, 2.05) is 6.07 Å². The maximum absolute atomic E-state index is 12.1. The van der Waals surface area contributed by atoms with E-state index >= 15 is 0 Å². The van der Waals surface area contributed by atoms with E-state index in [0.29, 0.717) is 6.42 Å². The Morgan fingerprint density at radius 1 is 1.03 bits per heavy atom. The molecule has 29 heavy (non-hydrogen) atoms. The number of nitrogens with one attached hydrogen (secondary N) is 2. The number of hydrogen-bond acceptors (Lipinski definition) is 5. The summed E-state index contributed by atoms with van der Waals surface area (Å²) in [5, 5.41) is 8.69. The number of amides is 1. The van der Waals surface area contributed by atoms with Gasteiger partial charge in [-0.1, -0.05) is 42.5 Å². The van der Waals surface area contributed by atoms with E-state index < -0.39 is 32.0 Å². The molecule has 1 amide bonds. The second-order valence-electron chi connectivity index (χ2n) is 6.33. The van der Waals surface area contributed by atoms with E-state index in [1.165, 1.54) is 25.1 Å². The second-order valence-corrected chi connectivity index (χ2v) is 9.49. The number of hydrogen-bond donors (Lipinski definition) is 3. The minimum Gasteiger partial charge on any atom is -0.354 e. The first-order chi connectivity index (χ1) is 13.6. The van der Waals surface area contributed by atoms with Crippen molar-refractivity contribution >= 4 is 32.0 Å². The maximum atomic E-state index is 12.1. The second kappa shape index (κ2) is 9.79. The van der Waals surface area contributed by atoms with Gasteiger partial charge in [-0.2, -0.15) is 4.72 Å². The highest BCUT2D eigenvalue weighted by Gasteiger charge is 2.18. The number of benzene rings is 2. The van der Waals surface area contributed by atoms with Crippen LogP contribution in [0, 0.1) is 0 Å². The van der Waals surface area contributed by atoms with Gasteiger partial charge in [0.25, 0.3) is 0 Å². The molecule has 0 spiro atoms. The zero-order chi connectivity index (χ0) is 21.5. The summed E-state index contributed by atoms with van der Waals surface area (Å²) in [6.45, 7) is 1.71. The minimum absolute atomic E-state index is 0.0110. The van der Waals surface area contributed by atoms with Crippen LogP contribution in [0.2, 0.25) is 0 Å². The van der Waals surface area contributed by atoms with Gasteiger partial charge in [0.15, 0.2) is 0 Å². The van der Waals surface area contributed by atoms with Crippen molar-refractivity contribution in [1.82, 2.24) is 10.0 Å². The lowest BCUT2D eigenvalue weighted by Crippen LogP contribution is -2.44. The van der Waals surface area contributed by atoms with Crippen LogP contribution in [-0.4, -0.2) is 35.3 Å². The number of carbonyl (C=O) groups excluding carboxylic acids is 1. The molecule has 0 saturated carbocycles. The summed E-state index contributed by atoms with van der Waals surface area (Å²) in [5.41, 5.74) is 1.53. The SMILES string of the molecule is CC(NS(=O)(=O)/C=C/c1ccccc1)C(=O)NCCc1ccc(S(N)(=O)=O)cc1. The normalized spacial score (nSPS) is 13.3. The lowest BCUT2D eigenvalue weighted by molar-refractivity contribution is -0.122. The molecule has 0 saturated heterocycles. The zero-order valence-electron chi connectivity index (χ0n) is 15.8.